The third kappa shape index (κ3) is 3.09. The molecule has 0 bridgehead atoms. The molecule has 0 saturated heterocycles. The molecule has 3 atom stereocenters. The minimum absolute atomic E-state index is 0.319. The molecule has 2 aliphatic rings. The van der Waals surface area contributed by atoms with Crippen molar-refractivity contribution in [3.05, 3.63) is 102 Å². The second-order valence-electron chi connectivity index (χ2n) is 9.15. The minimum Gasteiger partial charge on any atom is -0.483 e. The maximum Gasteiger partial charge on any atom is 0.303 e. The summed E-state index contributed by atoms with van der Waals surface area (Å²) in [4.78, 5) is 12.3. The summed E-state index contributed by atoms with van der Waals surface area (Å²) in [6.45, 7) is 3.68. The van der Waals surface area contributed by atoms with Crippen molar-refractivity contribution in [2.75, 3.05) is 0 Å². The van der Waals surface area contributed by atoms with Gasteiger partial charge in [-0.1, -0.05) is 67.6 Å². The van der Waals surface area contributed by atoms with Crippen LogP contribution in [0.1, 0.15) is 43.2 Å². The summed E-state index contributed by atoms with van der Waals surface area (Å²) in [5.41, 5.74) is 3.86. The fraction of sp³-hybridized carbons (Fsp3) is 0.207. The fourth-order valence-corrected chi connectivity index (χ4v) is 5.43. The van der Waals surface area contributed by atoms with Gasteiger partial charge in [-0.05, 0) is 52.6 Å². The molecule has 6 rings (SSSR count). The summed E-state index contributed by atoms with van der Waals surface area (Å²) >= 11 is 0. The molecule has 0 N–H and O–H groups in total. The Balaban J connectivity index is 1.60. The number of allylic oxidation sites excluding steroid dienone is 1. The van der Waals surface area contributed by atoms with Crippen LogP contribution >= 0.6 is 0 Å². The van der Waals surface area contributed by atoms with Crippen molar-refractivity contribution >= 4 is 22.8 Å². The standard InChI is InChI=1S/C29H25NO3/c1-19(31)32-27-24-14-8-16-30(24)25-17-21-10-3-4-11-22(21)18-26(25)33-28(27)29(2)15-7-12-20-9-5-6-13-23(20)29/h3-14,16-18,27-28H,15H2,1-2H3. The van der Waals surface area contributed by atoms with E-state index >= 15 is 0 Å². The first kappa shape index (κ1) is 19.9. The highest BCUT2D eigenvalue weighted by Crippen LogP contribution is 2.48. The Hall–Kier alpha value is -3.79. The highest BCUT2D eigenvalue weighted by molar-refractivity contribution is 5.87. The lowest BCUT2D eigenvalue weighted by Gasteiger charge is -2.42. The number of hydrogen-bond donors (Lipinski definition) is 0. The van der Waals surface area contributed by atoms with Crippen molar-refractivity contribution in [3.8, 4) is 11.4 Å². The number of ether oxygens (including phenoxy) is 2. The summed E-state index contributed by atoms with van der Waals surface area (Å²) in [5, 5.41) is 2.25. The lowest BCUT2D eigenvalue weighted by Crippen LogP contribution is -2.46. The summed E-state index contributed by atoms with van der Waals surface area (Å²) in [6, 6.07) is 25.0. The predicted octanol–water partition coefficient (Wildman–Crippen LogP) is 6.37. The van der Waals surface area contributed by atoms with E-state index in [1.807, 2.05) is 30.5 Å². The smallest absolute Gasteiger partial charge is 0.303 e. The Labute approximate surface area is 193 Å². The Bertz CT molecular complexity index is 1420. The van der Waals surface area contributed by atoms with E-state index in [1.165, 1.54) is 18.1 Å². The quantitative estimate of drug-likeness (QED) is 0.344. The average Bonchev–Trinajstić information content (AvgIpc) is 3.26. The highest BCUT2D eigenvalue weighted by atomic mass is 16.6. The second kappa shape index (κ2) is 7.38. The fourth-order valence-electron chi connectivity index (χ4n) is 5.43. The van der Waals surface area contributed by atoms with Crippen LogP contribution in [0.2, 0.25) is 0 Å². The molecule has 1 aliphatic heterocycles. The largest absolute Gasteiger partial charge is 0.483 e. The van der Waals surface area contributed by atoms with Crippen molar-refractivity contribution in [2.24, 2.45) is 0 Å². The van der Waals surface area contributed by atoms with Gasteiger partial charge in [0.2, 0.25) is 0 Å². The van der Waals surface area contributed by atoms with Gasteiger partial charge in [0, 0.05) is 18.5 Å². The summed E-state index contributed by atoms with van der Waals surface area (Å²) < 4.78 is 15.0. The van der Waals surface area contributed by atoms with E-state index in [1.54, 1.807) is 0 Å². The van der Waals surface area contributed by atoms with E-state index in [9.17, 15) is 4.79 Å². The molecule has 0 radical (unpaired) electrons. The number of hydrogen-bond acceptors (Lipinski definition) is 3. The zero-order valence-electron chi connectivity index (χ0n) is 18.7. The normalized spacial score (nSPS) is 23.1. The van der Waals surface area contributed by atoms with Gasteiger partial charge in [-0.3, -0.25) is 4.79 Å². The van der Waals surface area contributed by atoms with E-state index in [4.69, 9.17) is 9.47 Å². The van der Waals surface area contributed by atoms with E-state index < -0.39 is 17.6 Å². The first-order chi connectivity index (χ1) is 16.0. The van der Waals surface area contributed by atoms with Crippen LogP contribution in [0.25, 0.3) is 22.5 Å². The van der Waals surface area contributed by atoms with Gasteiger partial charge in [-0.2, -0.15) is 0 Å². The third-order valence-electron chi connectivity index (χ3n) is 7.02. The maximum absolute atomic E-state index is 12.3. The van der Waals surface area contributed by atoms with E-state index in [0.29, 0.717) is 0 Å². The molecule has 0 saturated carbocycles. The van der Waals surface area contributed by atoms with Crippen LogP contribution in [0.3, 0.4) is 0 Å². The molecule has 33 heavy (non-hydrogen) atoms. The zero-order chi connectivity index (χ0) is 22.6. The van der Waals surface area contributed by atoms with E-state index in [-0.39, 0.29) is 5.97 Å². The minimum atomic E-state index is -0.558. The Morgan fingerprint density at radius 3 is 2.61 bits per heavy atom. The number of rotatable bonds is 2. The molecule has 0 spiro atoms. The van der Waals surface area contributed by atoms with Gasteiger partial charge in [0.1, 0.15) is 5.75 Å². The SMILES string of the molecule is CC(=O)OC1c2cccn2-c2cc3ccccc3cc2OC1C1(C)CC=Cc2ccccc21. The van der Waals surface area contributed by atoms with Crippen LogP contribution in [-0.4, -0.2) is 16.6 Å². The topological polar surface area (TPSA) is 40.5 Å². The first-order valence-electron chi connectivity index (χ1n) is 11.3. The van der Waals surface area contributed by atoms with Crippen molar-refractivity contribution in [1.29, 1.82) is 0 Å². The van der Waals surface area contributed by atoms with E-state index in [0.717, 1.165) is 34.3 Å². The molecule has 4 nitrogen and oxygen atoms in total. The number of esters is 1. The third-order valence-corrected chi connectivity index (χ3v) is 7.02. The van der Waals surface area contributed by atoms with Gasteiger partial charge < -0.3 is 14.0 Å². The lowest BCUT2D eigenvalue weighted by atomic mass is 9.68. The molecular weight excluding hydrogens is 410 g/mol. The van der Waals surface area contributed by atoms with Crippen molar-refractivity contribution in [2.45, 2.75) is 37.9 Å². The monoisotopic (exact) mass is 435 g/mol. The van der Waals surface area contributed by atoms with Gasteiger partial charge in [-0.25, -0.2) is 0 Å². The Morgan fingerprint density at radius 2 is 1.79 bits per heavy atom. The average molecular weight is 436 g/mol. The van der Waals surface area contributed by atoms with Gasteiger partial charge in [0.15, 0.2) is 12.2 Å². The molecular formula is C29H25NO3. The van der Waals surface area contributed by atoms with Crippen LogP contribution in [0.5, 0.6) is 5.75 Å². The van der Waals surface area contributed by atoms with Crippen molar-refractivity contribution in [3.63, 3.8) is 0 Å². The number of nitrogens with zero attached hydrogens (tertiary/aromatic N) is 1. The molecule has 4 aromatic rings. The molecule has 3 aromatic carbocycles. The summed E-state index contributed by atoms with van der Waals surface area (Å²) in [7, 11) is 0. The molecule has 4 heteroatoms. The number of fused-ring (bicyclic) bond motifs is 5. The molecule has 3 unspecified atom stereocenters. The summed E-state index contributed by atoms with van der Waals surface area (Å²) in [6.07, 6.45) is 6.19. The number of benzene rings is 3. The Kier molecular flexibility index (Phi) is 4.44. The van der Waals surface area contributed by atoms with Gasteiger partial charge in [0.05, 0.1) is 11.4 Å². The second-order valence-corrected chi connectivity index (χ2v) is 9.15. The molecule has 1 aromatic heterocycles. The number of carbonyl (C=O) groups excluding carboxylic acids is 1. The maximum atomic E-state index is 12.3. The molecule has 2 heterocycles. The van der Waals surface area contributed by atoms with Crippen molar-refractivity contribution in [1.82, 2.24) is 4.57 Å². The van der Waals surface area contributed by atoms with Crippen LogP contribution < -0.4 is 4.74 Å². The van der Waals surface area contributed by atoms with E-state index in [2.05, 4.69) is 72.2 Å². The number of aromatic nitrogens is 1. The molecule has 0 fully saturated rings. The van der Waals surface area contributed by atoms with Crippen LogP contribution in [0, 0.1) is 0 Å². The van der Waals surface area contributed by atoms with Gasteiger partial charge in [-0.15, -0.1) is 0 Å². The van der Waals surface area contributed by atoms with Gasteiger partial charge in [0.25, 0.3) is 0 Å². The van der Waals surface area contributed by atoms with Gasteiger partial charge >= 0.3 is 5.97 Å². The zero-order valence-corrected chi connectivity index (χ0v) is 18.7. The summed E-state index contributed by atoms with van der Waals surface area (Å²) in [5.74, 6) is 0.472. The highest BCUT2D eigenvalue weighted by Gasteiger charge is 2.48. The number of carbonyl (C=O) groups is 1. The molecule has 0 amide bonds. The molecule has 164 valence electrons. The predicted molar refractivity (Wildman–Crippen MR) is 130 cm³/mol. The van der Waals surface area contributed by atoms with Crippen molar-refractivity contribution < 1.29 is 14.3 Å². The molecule has 1 aliphatic carbocycles. The Morgan fingerprint density at radius 1 is 1.03 bits per heavy atom. The first-order valence-corrected chi connectivity index (χ1v) is 11.3. The van der Waals surface area contributed by atoms with Crippen LogP contribution in [0.4, 0.5) is 0 Å². The lowest BCUT2D eigenvalue weighted by molar-refractivity contribution is -0.154. The van der Waals surface area contributed by atoms with Crippen LogP contribution in [0.15, 0.2) is 85.1 Å². The van der Waals surface area contributed by atoms with Crippen LogP contribution in [-0.2, 0) is 14.9 Å².